The number of rotatable bonds is 2. The summed E-state index contributed by atoms with van der Waals surface area (Å²) in [6, 6.07) is 21.3. The zero-order valence-electron chi connectivity index (χ0n) is 13.4. The number of hydrogen-bond acceptors (Lipinski definition) is 0. The van der Waals surface area contributed by atoms with Crippen molar-refractivity contribution in [2.45, 2.75) is 20.3 Å². The molecule has 3 rings (SSSR count). The van der Waals surface area contributed by atoms with Gasteiger partial charge in [-0.25, -0.2) is 11.1 Å². The van der Waals surface area contributed by atoms with Gasteiger partial charge in [0.1, 0.15) is 9.52 Å². The van der Waals surface area contributed by atoms with E-state index in [2.05, 4.69) is 86.7 Å². The van der Waals surface area contributed by atoms with Gasteiger partial charge in [-0.15, -0.1) is 13.3 Å². The van der Waals surface area contributed by atoms with Gasteiger partial charge in [0.05, 0.1) is 0 Å². The van der Waals surface area contributed by atoms with Crippen LogP contribution in [0.2, 0.25) is 0 Å². The molecule has 0 saturated carbocycles. The number of halogens is 2. The van der Waals surface area contributed by atoms with Crippen LogP contribution in [0.1, 0.15) is 20.3 Å². The molecule has 0 aliphatic heterocycles. The van der Waals surface area contributed by atoms with Crippen LogP contribution in [0, 0.1) is 6.08 Å². The van der Waals surface area contributed by atoms with E-state index in [1.54, 1.807) is 0 Å². The Hall–Kier alpha value is -0.0330. The first-order valence-corrected chi connectivity index (χ1v) is 8.10. The monoisotopic (exact) mass is 614 g/mol. The van der Waals surface area contributed by atoms with Crippen LogP contribution in [0.3, 0.4) is 0 Å². The van der Waals surface area contributed by atoms with Crippen LogP contribution >= 0.6 is 0 Å². The van der Waals surface area contributed by atoms with E-state index in [9.17, 15) is 0 Å². The summed E-state index contributed by atoms with van der Waals surface area (Å²) in [5, 5.41) is 2.90. The van der Waals surface area contributed by atoms with Crippen molar-refractivity contribution < 1.29 is 59.8 Å². The molecule has 121 valence electrons. The smallest absolute Gasteiger partial charge is 0.103 e. The number of allylic oxidation sites excluding steroid dienone is 4. The molecule has 0 unspecified atom stereocenters. The fourth-order valence-electron chi connectivity index (χ4n) is 1.94. The predicted molar refractivity (Wildman–Crippen MR) is 90.1 cm³/mol. The van der Waals surface area contributed by atoms with Gasteiger partial charge in [-0.3, -0.25) is 6.08 Å². The van der Waals surface area contributed by atoms with Gasteiger partial charge >= 0.3 is 0 Å². The first kappa shape index (κ1) is 25.2. The van der Waals surface area contributed by atoms with Crippen LogP contribution in [0.4, 0.5) is 0 Å². The van der Waals surface area contributed by atoms with E-state index in [1.165, 1.54) is 21.5 Å². The van der Waals surface area contributed by atoms with E-state index in [0.29, 0.717) is 0 Å². The quantitative estimate of drug-likeness (QED) is 0.253. The molecule has 23 heavy (non-hydrogen) atoms. The van der Waals surface area contributed by atoms with Crippen LogP contribution in [-0.4, -0.2) is 9.52 Å². The second-order valence-corrected chi connectivity index (χ2v) is 6.48. The largest absolute Gasteiger partial charge is 1.00 e. The third kappa shape index (κ3) is 9.75. The number of hydrogen-bond donors (Lipinski definition) is 0. The average molecular weight is 615 g/mol. The molecule has 0 bridgehead atoms. The van der Waals surface area contributed by atoms with Gasteiger partial charge in [-0.2, -0.15) is 6.08 Å². The summed E-state index contributed by atoms with van der Waals surface area (Å²) in [7, 11) is 0.271. The van der Waals surface area contributed by atoms with Crippen molar-refractivity contribution in [1.82, 2.24) is 0 Å². The summed E-state index contributed by atoms with van der Waals surface area (Å²) in [4.78, 5) is 0. The van der Waals surface area contributed by atoms with E-state index in [-0.39, 0.29) is 69.3 Å². The topological polar surface area (TPSA) is 0 Å². The van der Waals surface area contributed by atoms with Crippen LogP contribution < -0.4 is 44.3 Å². The van der Waals surface area contributed by atoms with E-state index >= 15 is 0 Å². The molecular weight excluding hydrogens is 595 g/mol. The third-order valence-corrected chi connectivity index (χ3v) is 4.74. The average Bonchev–Trinajstić information content (AvgIpc) is 2.86. The molecule has 0 aromatic heterocycles. The Kier molecular flexibility index (Phi) is 15.7. The van der Waals surface area contributed by atoms with Crippen molar-refractivity contribution in [3.8, 4) is 0 Å². The minimum absolute atomic E-state index is 0. The first-order chi connectivity index (χ1) is 9.75. The molecule has 2 aromatic carbocycles. The van der Waals surface area contributed by atoms with Gasteiger partial charge in [-0.05, 0) is 0 Å². The SMILES string of the molecule is CC1=[C-]CC=C1C.[Br-].[Br-].[Hf].c1ccc([SiH]c2ccccc2)cc1. The van der Waals surface area contributed by atoms with Crippen molar-refractivity contribution in [3.05, 3.63) is 84.0 Å². The van der Waals surface area contributed by atoms with Crippen LogP contribution in [0.5, 0.6) is 0 Å². The second-order valence-electron chi connectivity index (χ2n) is 4.86. The van der Waals surface area contributed by atoms with Crippen molar-refractivity contribution >= 4 is 19.9 Å². The summed E-state index contributed by atoms with van der Waals surface area (Å²) >= 11 is 0. The Morgan fingerprint density at radius 1 is 0.783 bits per heavy atom. The van der Waals surface area contributed by atoms with E-state index in [1.807, 2.05) is 0 Å². The first-order valence-electron chi connectivity index (χ1n) is 6.95. The van der Waals surface area contributed by atoms with Crippen molar-refractivity contribution in [3.63, 3.8) is 0 Å². The molecule has 0 spiro atoms. The summed E-state index contributed by atoms with van der Waals surface area (Å²) in [6.07, 6.45) is 6.41. The molecule has 0 nitrogen and oxygen atoms in total. The molecule has 0 atom stereocenters. The fraction of sp³-hybridized carbons (Fsp3) is 0.158. The molecule has 0 saturated heterocycles. The Labute approximate surface area is 182 Å². The second kappa shape index (κ2) is 14.3. The maximum atomic E-state index is 3.19. The van der Waals surface area contributed by atoms with Gasteiger partial charge in [-0.1, -0.05) is 78.0 Å². The Morgan fingerprint density at radius 3 is 1.48 bits per heavy atom. The predicted octanol–water partition coefficient (Wildman–Crippen LogP) is -2.83. The molecule has 1 radical (unpaired) electrons. The van der Waals surface area contributed by atoms with Gasteiger partial charge in [0.25, 0.3) is 0 Å². The maximum Gasteiger partial charge on any atom is 0.103 e. The van der Waals surface area contributed by atoms with Crippen molar-refractivity contribution in [2.24, 2.45) is 0 Å². The van der Waals surface area contributed by atoms with Crippen molar-refractivity contribution in [1.29, 1.82) is 0 Å². The van der Waals surface area contributed by atoms with E-state index in [4.69, 9.17) is 0 Å². The normalized spacial score (nSPS) is 11.4. The van der Waals surface area contributed by atoms with Crippen LogP contribution in [-0.2, 0) is 25.8 Å². The Bertz CT molecular complexity index is 542. The standard InChI is InChI=1S/C12H11Si.C7H9.2BrH.Hf/c1-3-7-11(8-4-1)13-12-9-5-2-6-10-12;1-6-4-3-5-7(6)2;;;/h1-10,13H;4H,3H2,1-2H3;2*1H;/q;-1;;;/p-2. The minimum Gasteiger partial charge on any atom is -1.00 e. The maximum absolute atomic E-state index is 3.19. The molecule has 0 N–H and O–H groups in total. The molecule has 0 fully saturated rings. The number of benzene rings is 2. The zero-order chi connectivity index (χ0) is 14.2. The summed E-state index contributed by atoms with van der Waals surface area (Å²) in [5.41, 5.74) is 2.71. The Morgan fingerprint density at radius 2 is 1.22 bits per heavy atom. The summed E-state index contributed by atoms with van der Waals surface area (Å²) < 4.78 is 0. The molecule has 2 aromatic rings. The summed E-state index contributed by atoms with van der Waals surface area (Å²) in [5.74, 6) is 0. The van der Waals surface area contributed by atoms with Crippen LogP contribution in [0.25, 0.3) is 0 Å². The van der Waals surface area contributed by atoms with Gasteiger partial charge in [0.2, 0.25) is 0 Å². The summed E-state index contributed by atoms with van der Waals surface area (Å²) in [6.45, 7) is 4.22. The zero-order valence-corrected chi connectivity index (χ0v) is 21.3. The molecule has 0 amide bonds. The Balaban J connectivity index is 0. The van der Waals surface area contributed by atoms with Gasteiger partial charge in [0, 0.05) is 25.8 Å². The molecule has 1 aliphatic rings. The van der Waals surface area contributed by atoms with Gasteiger partial charge < -0.3 is 34.0 Å². The molecule has 4 heteroatoms. The fourth-order valence-corrected chi connectivity index (χ4v) is 3.15. The molecule has 0 heterocycles. The van der Waals surface area contributed by atoms with E-state index < -0.39 is 0 Å². The third-order valence-electron chi connectivity index (χ3n) is 3.30. The van der Waals surface area contributed by atoms with E-state index in [0.717, 1.165) is 6.42 Å². The van der Waals surface area contributed by atoms with Crippen molar-refractivity contribution in [2.75, 3.05) is 0 Å². The molecule has 1 aliphatic carbocycles. The molecular formula is C19H20Br2HfSi-3. The van der Waals surface area contributed by atoms with Gasteiger partial charge in [0.15, 0.2) is 0 Å². The minimum atomic E-state index is 0. The van der Waals surface area contributed by atoms with Crippen LogP contribution in [0.15, 0.2) is 77.9 Å².